The van der Waals surface area contributed by atoms with Crippen LogP contribution in [0, 0.1) is 13.8 Å². The van der Waals surface area contributed by atoms with Crippen molar-refractivity contribution < 1.29 is 0 Å². The molecule has 0 heterocycles. The zero-order valence-corrected chi connectivity index (χ0v) is 13.3. The summed E-state index contributed by atoms with van der Waals surface area (Å²) in [5.41, 5.74) is 12.6. The second-order valence-electron chi connectivity index (χ2n) is 6.04. The average molecular weight is 298 g/mol. The van der Waals surface area contributed by atoms with E-state index in [-0.39, 0.29) is 0 Å². The number of nitrogens with one attached hydrogen (secondary N) is 1. The van der Waals surface area contributed by atoms with Crippen molar-refractivity contribution in [2.45, 2.75) is 13.8 Å². The Balaban J connectivity index is 1.85. The van der Waals surface area contributed by atoms with Crippen LogP contribution in [-0.4, -0.2) is 5.71 Å². The fourth-order valence-corrected chi connectivity index (χ4v) is 3.08. The summed E-state index contributed by atoms with van der Waals surface area (Å²) in [7, 11) is 0. The SMILES string of the molecule is Cc1ccc2c(c1)C(=NNc1ccccc1)c1cc(C)ccc1-2. The number of anilines is 1. The number of para-hydroxylation sites is 1. The second kappa shape index (κ2) is 5.40. The maximum absolute atomic E-state index is 4.72. The Kier molecular flexibility index (Phi) is 3.23. The lowest BCUT2D eigenvalue weighted by molar-refractivity contribution is 1.33. The average Bonchev–Trinajstić information content (AvgIpc) is 2.86. The summed E-state index contributed by atoms with van der Waals surface area (Å²) in [4.78, 5) is 0. The lowest BCUT2D eigenvalue weighted by Crippen LogP contribution is -2.03. The van der Waals surface area contributed by atoms with Gasteiger partial charge in [-0.1, -0.05) is 53.6 Å². The molecule has 0 saturated heterocycles. The van der Waals surface area contributed by atoms with Crippen LogP contribution in [0.5, 0.6) is 0 Å². The Bertz CT molecular complexity index is 855. The summed E-state index contributed by atoms with van der Waals surface area (Å²) in [5.74, 6) is 0. The third kappa shape index (κ3) is 2.42. The third-order valence-corrected chi connectivity index (χ3v) is 4.22. The Morgan fingerprint density at radius 2 is 1.22 bits per heavy atom. The van der Waals surface area contributed by atoms with Crippen molar-refractivity contribution in [2.24, 2.45) is 5.10 Å². The minimum atomic E-state index is 0.996. The van der Waals surface area contributed by atoms with Crippen molar-refractivity contribution in [3.05, 3.63) is 89.0 Å². The molecule has 3 aromatic carbocycles. The minimum absolute atomic E-state index is 0.996. The molecule has 0 aliphatic heterocycles. The maximum Gasteiger partial charge on any atom is 0.0990 e. The first-order valence-electron chi connectivity index (χ1n) is 7.83. The van der Waals surface area contributed by atoms with Crippen molar-refractivity contribution in [1.29, 1.82) is 0 Å². The third-order valence-electron chi connectivity index (χ3n) is 4.22. The molecule has 0 spiro atoms. The number of aryl methyl sites for hydroxylation is 2. The minimum Gasteiger partial charge on any atom is -0.278 e. The Morgan fingerprint density at radius 1 is 0.652 bits per heavy atom. The number of fused-ring (bicyclic) bond motifs is 3. The monoisotopic (exact) mass is 298 g/mol. The van der Waals surface area contributed by atoms with E-state index in [1.54, 1.807) is 0 Å². The van der Waals surface area contributed by atoms with Crippen LogP contribution in [-0.2, 0) is 0 Å². The van der Waals surface area contributed by atoms with Gasteiger partial charge in [0.15, 0.2) is 0 Å². The van der Waals surface area contributed by atoms with Crippen LogP contribution in [0.25, 0.3) is 11.1 Å². The molecule has 1 aliphatic rings. The maximum atomic E-state index is 4.72. The predicted octanol–water partition coefficient (Wildman–Crippen LogP) is 5.15. The van der Waals surface area contributed by atoms with Gasteiger partial charge in [-0.2, -0.15) is 5.10 Å². The summed E-state index contributed by atoms with van der Waals surface area (Å²) in [6.45, 7) is 4.24. The first-order valence-corrected chi connectivity index (χ1v) is 7.83. The van der Waals surface area contributed by atoms with Crippen LogP contribution < -0.4 is 5.43 Å². The smallest absolute Gasteiger partial charge is 0.0990 e. The van der Waals surface area contributed by atoms with Crippen LogP contribution in [0.2, 0.25) is 0 Å². The van der Waals surface area contributed by atoms with Gasteiger partial charge in [0.25, 0.3) is 0 Å². The summed E-state index contributed by atoms with van der Waals surface area (Å²) < 4.78 is 0. The van der Waals surface area contributed by atoms with E-state index in [4.69, 9.17) is 5.10 Å². The fourth-order valence-electron chi connectivity index (χ4n) is 3.08. The van der Waals surface area contributed by atoms with Crippen LogP contribution in [0.3, 0.4) is 0 Å². The van der Waals surface area contributed by atoms with Gasteiger partial charge in [0.1, 0.15) is 0 Å². The molecule has 0 unspecified atom stereocenters. The molecular weight excluding hydrogens is 280 g/mol. The normalized spacial score (nSPS) is 11.8. The lowest BCUT2D eigenvalue weighted by Gasteiger charge is -2.05. The highest BCUT2D eigenvalue weighted by molar-refractivity contribution is 6.24. The van der Waals surface area contributed by atoms with E-state index >= 15 is 0 Å². The molecule has 3 aromatic rings. The molecule has 0 aromatic heterocycles. The van der Waals surface area contributed by atoms with Crippen molar-refractivity contribution in [3.63, 3.8) is 0 Å². The molecule has 0 saturated carbocycles. The second-order valence-corrected chi connectivity index (χ2v) is 6.04. The summed E-state index contributed by atoms with van der Waals surface area (Å²) >= 11 is 0. The number of hydrazone groups is 1. The Morgan fingerprint density at radius 3 is 1.78 bits per heavy atom. The number of hydrogen-bond donors (Lipinski definition) is 1. The van der Waals surface area contributed by atoms with Crippen LogP contribution >= 0.6 is 0 Å². The molecule has 1 aliphatic carbocycles. The zero-order valence-electron chi connectivity index (χ0n) is 13.3. The lowest BCUT2D eigenvalue weighted by atomic mass is 10.0. The molecule has 0 radical (unpaired) electrons. The van der Waals surface area contributed by atoms with Crippen LogP contribution in [0.4, 0.5) is 5.69 Å². The quantitative estimate of drug-likeness (QED) is 0.509. The molecule has 0 fully saturated rings. The molecule has 2 heteroatoms. The molecule has 1 N–H and O–H groups in total. The van der Waals surface area contributed by atoms with Gasteiger partial charge < -0.3 is 0 Å². The van der Waals surface area contributed by atoms with Crippen LogP contribution in [0.15, 0.2) is 71.8 Å². The van der Waals surface area contributed by atoms with Crippen LogP contribution in [0.1, 0.15) is 22.3 Å². The van der Waals surface area contributed by atoms with E-state index in [0.717, 1.165) is 11.4 Å². The molecule has 4 rings (SSSR count). The number of rotatable bonds is 2. The number of nitrogens with zero attached hydrogens (tertiary/aromatic N) is 1. The first-order chi connectivity index (χ1) is 11.2. The van der Waals surface area contributed by atoms with E-state index in [2.05, 4.69) is 55.7 Å². The molecule has 0 bridgehead atoms. The van der Waals surface area contributed by atoms with Gasteiger partial charge in [-0.05, 0) is 49.2 Å². The predicted molar refractivity (Wildman–Crippen MR) is 97.1 cm³/mol. The largest absolute Gasteiger partial charge is 0.278 e. The van der Waals surface area contributed by atoms with Gasteiger partial charge in [-0.15, -0.1) is 0 Å². The number of hydrogen-bond acceptors (Lipinski definition) is 2. The molecule has 0 amide bonds. The van der Waals surface area contributed by atoms with E-state index in [1.165, 1.54) is 33.4 Å². The summed E-state index contributed by atoms with van der Waals surface area (Å²) in [5, 5.41) is 4.72. The van der Waals surface area contributed by atoms with Gasteiger partial charge in [-0.25, -0.2) is 0 Å². The van der Waals surface area contributed by atoms with Gasteiger partial charge in [0.2, 0.25) is 0 Å². The van der Waals surface area contributed by atoms with E-state index in [1.807, 2.05) is 30.3 Å². The highest BCUT2D eigenvalue weighted by Gasteiger charge is 2.25. The van der Waals surface area contributed by atoms with Crippen molar-refractivity contribution >= 4 is 11.4 Å². The Hall–Kier alpha value is -2.87. The molecule has 112 valence electrons. The zero-order chi connectivity index (χ0) is 15.8. The Labute approximate surface area is 136 Å². The first kappa shape index (κ1) is 13.8. The molecule has 0 atom stereocenters. The van der Waals surface area contributed by atoms with Gasteiger partial charge in [0, 0.05) is 11.1 Å². The summed E-state index contributed by atoms with van der Waals surface area (Å²) in [6.07, 6.45) is 0. The topological polar surface area (TPSA) is 24.4 Å². The van der Waals surface area contributed by atoms with E-state index in [9.17, 15) is 0 Å². The highest BCUT2D eigenvalue weighted by atomic mass is 15.3. The standard InChI is InChI=1S/C21H18N2/c1-14-8-10-17-18-11-9-15(2)13-20(18)21(19(17)12-14)23-22-16-6-4-3-5-7-16/h3-13,22H,1-2H3. The molecule has 23 heavy (non-hydrogen) atoms. The molecular formula is C21H18N2. The van der Waals surface area contributed by atoms with E-state index in [0.29, 0.717) is 0 Å². The fraction of sp³-hybridized carbons (Fsp3) is 0.0952. The van der Waals surface area contributed by atoms with Crippen molar-refractivity contribution in [1.82, 2.24) is 0 Å². The van der Waals surface area contributed by atoms with Crippen molar-refractivity contribution in [3.8, 4) is 11.1 Å². The molecule has 2 nitrogen and oxygen atoms in total. The van der Waals surface area contributed by atoms with Crippen molar-refractivity contribution in [2.75, 3.05) is 5.43 Å². The summed E-state index contributed by atoms with van der Waals surface area (Å²) in [6, 6.07) is 23.2. The highest BCUT2D eigenvalue weighted by Crippen LogP contribution is 2.38. The van der Waals surface area contributed by atoms with Gasteiger partial charge in [-0.3, -0.25) is 5.43 Å². The van der Waals surface area contributed by atoms with Gasteiger partial charge >= 0.3 is 0 Å². The van der Waals surface area contributed by atoms with Gasteiger partial charge in [0.05, 0.1) is 11.4 Å². The van der Waals surface area contributed by atoms with E-state index < -0.39 is 0 Å². The number of benzene rings is 3.